The maximum absolute atomic E-state index is 14.7. The van der Waals surface area contributed by atoms with E-state index in [0.29, 0.717) is 15.8 Å². The Bertz CT molecular complexity index is 1520. The first-order valence-electron chi connectivity index (χ1n) is 11.4. The van der Waals surface area contributed by atoms with E-state index in [1.165, 1.54) is 68.0 Å². The van der Waals surface area contributed by atoms with Crippen LogP contribution < -0.4 is 19.7 Å². The van der Waals surface area contributed by atoms with Gasteiger partial charge in [-0.05, 0) is 60.7 Å². The third-order valence-electron chi connectivity index (χ3n) is 5.50. The second-order valence-corrected chi connectivity index (χ2v) is 9.86. The van der Waals surface area contributed by atoms with Crippen molar-refractivity contribution in [2.75, 3.05) is 23.3 Å². The third kappa shape index (κ3) is 6.01. The van der Waals surface area contributed by atoms with Crippen LogP contribution in [-0.4, -0.2) is 33.9 Å². The molecule has 1 aromatic heterocycles. The number of carbonyl (C=O) groups excluding carboxylic acids is 2. The van der Waals surface area contributed by atoms with Crippen LogP contribution in [0.4, 0.5) is 15.8 Å². The van der Waals surface area contributed by atoms with Gasteiger partial charge < -0.3 is 19.8 Å². The van der Waals surface area contributed by atoms with Gasteiger partial charge in [-0.1, -0.05) is 24.3 Å². The monoisotopic (exact) mass is 537 g/mol. The molecule has 0 fully saturated rings. The summed E-state index contributed by atoms with van der Waals surface area (Å²) in [6.07, 6.45) is 1.48. The van der Waals surface area contributed by atoms with Crippen LogP contribution in [0, 0.1) is 5.82 Å². The van der Waals surface area contributed by atoms with Crippen LogP contribution in [0.15, 0.2) is 101 Å². The third-order valence-corrected chi connectivity index (χ3v) is 7.28. The number of rotatable bonds is 10. The van der Waals surface area contributed by atoms with Gasteiger partial charge in [-0.2, -0.15) is 0 Å². The number of carbonyl (C=O) groups is 2. The van der Waals surface area contributed by atoms with Crippen LogP contribution in [-0.2, 0) is 21.4 Å². The molecule has 0 spiro atoms. The minimum Gasteiger partial charge on any atom is -0.497 e. The summed E-state index contributed by atoms with van der Waals surface area (Å²) in [4.78, 5) is 25.7. The number of halogens is 1. The lowest BCUT2D eigenvalue weighted by Crippen LogP contribution is -2.39. The SMILES string of the molecule is COc1ccc(S(=O)(=O)N(CC(=O)Nc2ccccc2C(=O)NCc2ccco2)c2ccccc2F)cc1. The van der Waals surface area contributed by atoms with E-state index in [9.17, 15) is 22.4 Å². The van der Waals surface area contributed by atoms with Crippen LogP contribution >= 0.6 is 0 Å². The number of para-hydroxylation sites is 2. The van der Waals surface area contributed by atoms with Gasteiger partial charge in [0.1, 0.15) is 23.9 Å². The number of ether oxygens (including phenoxy) is 1. The molecule has 3 aromatic carbocycles. The van der Waals surface area contributed by atoms with Crippen LogP contribution in [0.25, 0.3) is 0 Å². The van der Waals surface area contributed by atoms with Gasteiger partial charge >= 0.3 is 0 Å². The van der Waals surface area contributed by atoms with Crippen LogP contribution in [0.2, 0.25) is 0 Å². The predicted octanol–water partition coefficient (Wildman–Crippen LogP) is 4.19. The lowest BCUT2D eigenvalue weighted by molar-refractivity contribution is -0.114. The number of nitrogens with zero attached hydrogens (tertiary/aromatic N) is 1. The highest BCUT2D eigenvalue weighted by Crippen LogP contribution is 2.27. The van der Waals surface area contributed by atoms with Gasteiger partial charge in [0.25, 0.3) is 15.9 Å². The van der Waals surface area contributed by atoms with Gasteiger partial charge in [0.2, 0.25) is 5.91 Å². The van der Waals surface area contributed by atoms with Crippen molar-refractivity contribution in [2.45, 2.75) is 11.4 Å². The molecule has 0 saturated carbocycles. The summed E-state index contributed by atoms with van der Waals surface area (Å²) in [6, 6.07) is 20.4. The highest BCUT2D eigenvalue weighted by Gasteiger charge is 2.29. The van der Waals surface area contributed by atoms with Crippen LogP contribution in [0.1, 0.15) is 16.1 Å². The molecule has 0 aliphatic heterocycles. The smallest absolute Gasteiger partial charge is 0.264 e. The molecule has 2 amide bonds. The number of benzene rings is 3. The fraction of sp³-hybridized carbons (Fsp3) is 0.111. The lowest BCUT2D eigenvalue weighted by Gasteiger charge is -2.24. The normalized spacial score (nSPS) is 11.0. The van der Waals surface area contributed by atoms with Crippen molar-refractivity contribution in [3.8, 4) is 5.75 Å². The van der Waals surface area contributed by atoms with E-state index in [0.717, 1.165) is 6.07 Å². The number of furan rings is 1. The molecule has 0 atom stereocenters. The van der Waals surface area contributed by atoms with Gasteiger partial charge in [-0.15, -0.1) is 0 Å². The Morgan fingerprint density at radius 3 is 2.34 bits per heavy atom. The highest BCUT2D eigenvalue weighted by molar-refractivity contribution is 7.92. The van der Waals surface area contributed by atoms with Crippen molar-refractivity contribution in [1.82, 2.24) is 5.32 Å². The second kappa shape index (κ2) is 11.6. The molecule has 1 heterocycles. The van der Waals surface area contributed by atoms with Gasteiger partial charge in [0, 0.05) is 0 Å². The van der Waals surface area contributed by atoms with Gasteiger partial charge in [-0.25, -0.2) is 12.8 Å². The summed E-state index contributed by atoms with van der Waals surface area (Å²) in [7, 11) is -2.92. The molecule has 0 aliphatic rings. The number of sulfonamides is 1. The molecule has 0 aliphatic carbocycles. The quantitative estimate of drug-likeness (QED) is 0.313. The predicted molar refractivity (Wildman–Crippen MR) is 139 cm³/mol. The molecule has 0 radical (unpaired) electrons. The summed E-state index contributed by atoms with van der Waals surface area (Å²) in [5.41, 5.74) is 0.00979. The van der Waals surface area contributed by atoms with Crippen LogP contribution in [0.3, 0.4) is 0 Å². The van der Waals surface area contributed by atoms with Crippen molar-refractivity contribution in [2.24, 2.45) is 0 Å². The topological polar surface area (TPSA) is 118 Å². The molecule has 4 aromatic rings. The van der Waals surface area contributed by atoms with Crippen LogP contribution in [0.5, 0.6) is 5.75 Å². The van der Waals surface area contributed by atoms with E-state index in [4.69, 9.17) is 9.15 Å². The fourth-order valence-electron chi connectivity index (χ4n) is 3.61. The Balaban J connectivity index is 1.58. The zero-order valence-electron chi connectivity index (χ0n) is 20.3. The van der Waals surface area contributed by atoms with E-state index < -0.39 is 34.2 Å². The van der Waals surface area contributed by atoms with Crippen molar-refractivity contribution < 1.29 is 31.6 Å². The molecule has 38 heavy (non-hydrogen) atoms. The van der Waals surface area contributed by atoms with E-state index >= 15 is 0 Å². The molecule has 196 valence electrons. The second-order valence-electron chi connectivity index (χ2n) is 7.99. The average molecular weight is 538 g/mol. The van der Waals surface area contributed by atoms with Crippen molar-refractivity contribution in [1.29, 1.82) is 0 Å². The molecule has 0 unspecified atom stereocenters. The van der Waals surface area contributed by atoms with Crippen molar-refractivity contribution >= 4 is 33.2 Å². The van der Waals surface area contributed by atoms with Gasteiger partial charge in [0.15, 0.2) is 0 Å². The molecule has 0 saturated heterocycles. The summed E-state index contributed by atoms with van der Waals surface area (Å²) in [6.45, 7) is -0.618. The molecule has 9 nitrogen and oxygen atoms in total. The van der Waals surface area contributed by atoms with Gasteiger partial charge in [-0.3, -0.25) is 13.9 Å². The van der Waals surface area contributed by atoms with Crippen molar-refractivity contribution in [3.05, 3.63) is 108 Å². The molecule has 2 N–H and O–H groups in total. The highest BCUT2D eigenvalue weighted by atomic mass is 32.2. The average Bonchev–Trinajstić information content (AvgIpc) is 3.45. The minimum absolute atomic E-state index is 0.134. The zero-order valence-corrected chi connectivity index (χ0v) is 21.1. The number of hydrogen-bond donors (Lipinski definition) is 2. The first kappa shape index (κ1) is 26.4. The number of hydrogen-bond acceptors (Lipinski definition) is 6. The van der Waals surface area contributed by atoms with E-state index in [2.05, 4.69) is 10.6 Å². The number of nitrogens with one attached hydrogen (secondary N) is 2. The van der Waals surface area contributed by atoms with E-state index in [-0.39, 0.29) is 28.4 Å². The molecular formula is C27H24FN3O6S. The Labute approximate surface area is 218 Å². The molecular weight excluding hydrogens is 513 g/mol. The maximum atomic E-state index is 14.7. The lowest BCUT2D eigenvalue weighted by atomic mass is 10.1. The largest absolute Gasteiger partial charge is 0.497 e. The summed E-state index contributed by atoms with van der Waals surface area (Å²) >= 11 is 0. The first-order valence-corrected chi connectivity index (χ1v) is 12.8. The molecule has 4 rings (SSSR count). The Hall–Kier alpha value is -4.64. The molecule has 11 heteroatoms. The summed E-state index contributed by atoms with van der Waals surface area (Å²) < 4.78 is 52.7. The Morgan fingerprint density at radius 1 is 0.947 bits per heavy atom. The standard InChI is InChI=1S/C27H24FN3O6S/c1-36-19-12-14-21(15-13-19)38(34,35)31(25-11-5-3-9-23(25)28)18-26(32)30-24-10-4-2-8-22(24)27(33)29-17-20-7-6-16-37-20/h2-16H,17-18H2,1H3,(H,29,33)(H,30,32). The summed E-state index contributed by atoms with van der Waals surface area (Å²) in [5.74, 6) is -1.11. The van der Waals surface area contributed by atoms with Gasteiger partial charge in [0.05, 0.1) is 41.8 Å². The van der Waals surface area contributed by atoms with Crippen molar-refractivity contribution in [3.63, 3.8) is 0 Å². The first-order chi connectivity index (χ1) is 18.3. The Kier molecular flexibility index (Phi) is 8.07. The number of anilines is 2. The Morgan fingerprint density at radius 2 is 1.66 bits per heavy atom. The van der Waals surface area contributed by atoms with E-state index in [1.54, 1.807) is 24.3 Å². The molecule has 0 bridgehead atoms. The zero-order chi connectivity index (χ0) is 27.1. The van der Waals surface area contributed by atoms with E-state index in [1.807, 2.05) is 0 Å². The maximum Gasteiger partial charge on any atom is 0.264 e. The summed E-state index contributed by atoms with van der Waals surface area (Å²) in [5, 5.41) is 5.27. The number of methoxy groups -OCH3 is 1. The minimum atomic E-state index is -4.36. The number of amides is 2. The fourth-order valence-corrected chi connectivity index (χ4v) is 5.04.